The molecule has 2 aromatic heterocycles. The molecule has 0 amide bonds. The lowest BCUT2D eigenvalue weighted by Gasteiger charge is -2.27. The molecule has 3 atom stereocenters. The van der Waals surface area contributed by atoms with Crippen molar-refractivity contribution in [3.63, 3.8) is 0 Å². The number of aliphatic hydroxyl groups is 2. The number of anilines is 1. The lowest BCUT2D eigenvalue weighted by molar-refractivity contribution is -0.0432. The number of imidazole rings is 1. The second kappa shape index (κ2) is 6.60. The van der Waals surface area contributed by atoms with Crippen LogP contribution in [-0.2, 0) is 4.74 Å². The van der Waals surface area contributed by atoms with Gasteiger partial charge in [-0.1, -0.05) is 6.42 Å². The largest absolute Gasteiger partial charge is 0.394 e. The van der Waals surface area contributed by atoms with Gasteiger partial charge >= 0.3 is 0 Å². The molecule has 0 aromatic carbocycles. The van der Waals surface area contributed by atoms with Crippen molar-refractivity contribution in [3.05, 3.63) is 12.7 Å². The highest BCUT2D eigenvalue weighted by Gasteiger charge is 2.35. The van der Waals surface area contributed by atoms with Crippen LogP contribution < -0.4 is 5.43 Å². The number of nitrogens with one attached hydrogen (secondary N) is 1. The van der Waals surface area contributed by atoms with Crippen LogP contribution in [0, 0.1) is 0 Å². The van der Waals surface area contributed by atoms with E-state index >= 15 is 0 Å². The van der Waals surface area contributed by atoms with E-state index in [9.17, 15) is 10.2 Å². The van der Waals surface area contributed by atoms with Crippen molar-refractivity contribution in [3.8, 4) is 0 Å². The zero-order chi connectivity index (χ0) is 16.5. The van der Waals surface area contributed by atoms with Gasteiger partial charge in [-0.05, 0) is 12.8 Å². The molecule has 0 bridgehead atoms. The van der Waals surface area contributed by atoms with E-state index in [0.29, 0.717) is 23.4 Å². The van der Waals surface area contributed by atoms with Gasteiger partial charge < -0.3 is 20.4 Å². The minimum absolute atomic E-state index is 0.207. The third kappa shape index (κ3) is 2.84. The molecule has 0 radical (unpaired) electrons. The van der Waals surface area contributed by atoms with Crippen LogP contribution in [0.3, 0.4) is 0 Å². The van der Waals surface area contributed by atoms with Gasteiger partial charge in [0.1, 0.15) is 18.7 Å². The van der Waals surface area contributed by atoms with Gasteiger partial charge in [-0.3, -0.25) is 4.57 Å². The number of piperidine rings is 1. The molecular formula is C15H22N6O3. The number of ether oxygens (including phenoxy) is 1. The predicted octanol–water partition coefficient (Wildman–Crippen LogP) is 0.280. The zero-order valence-electron chi connectivity index (χ0n) is 13.4. The average Bonchev–Trinajstić information content (AvgIpc) is 3.19. The van der Waals surface area contributed by atoms with Gasteiger partial charge in [0, 0.05) is 19.5 Å². The maximum absolute atomic E-state index is 9.93. The number of hydrazine groups is 1. The Hall–Kier alpha value is -1.81. The second-order valence-corrected chi connectivity index (χ2v) is 6.32. The first-order valence-corrected chi connectivity index (χ1v) is 8.40. The maximum atomic E-state index is 9.93. The quantitative estimate of drug-likeness (QED) is 0.732. The summed E-state index contributed by atoms with van der Waals surface area (Å²) in [6.07, 6.45) is 5.51. The molecule has 24 heavy (non-hydrogen) atoms. The summed E-state index contributed by atoms with van der Waals surface area (Å²) in [6, 6.07) is 0. The SMILES string of the molecule is OC[C@H]1O[C@@H](n2cnc3c(NN4CCCCC4)ncnc32)C[C@@H]1O. The van der Waals surface area contributed by atoms with Gasteiger partial charge in [0.15, 0.2) is 17.0 Å². The summed E-state index contributed by atoms with van der Waals surface area (Å²) in [5, 5.41) is 21.3. The predicted molar refractivity (Wildman–Crippen MR) is 86.0 cm³/mol. The number of fused-ring (bicyclic) bond motifs is 1. The van der Waals surface area contributed by atoms with Crippen molar-refractivity contribution >= 4 is 17.0 Å². The standard InChI is InChI=1S/C15H22N6O3/c22-7-11-10(23)6-12(24-11)21-9-18-13-14(16-8-17-15(13)21)19-20-4-2-1-3-5-20/h8-12,22-23H,1-7H2,(H,16,17,19)/t10-,11+,12+/m0/s1. The highest BCUT2D eigenvalue weighted by atomic mass is 16.5. The van der Waals surface area contributed by atoms with Crippen molar-refractivity contribution in [2.45, 2.75) is 44.1 Å². The van der Waals surface area contributed by atoms with E-state index in [4.69, 9.17) is 4.74 Å². The fourth-order valence-electron chi connectivity index (χ4n) is 3.35. The van der Waals surface area contributed by atoms with Crippen LogP contribution in [0.2, 0.25) is 0 Å². The topological polar surface area (TPSA) is 109 Å². The molecule has 0 saturated carbocycles. The molecule has 2 aliphatic heterocycles. The van der Waals surface area contributed by atoms with E-state index in [2.05, 4.69) is 25.4 Å². The Morgan fingerprint density at radius 2 is 2.04 bits per heavy atom. The lowest BCUT2D eigenvalue weighted by Crippen LogP contribution is -2.35. The Kier molecular flexibility index (Phi) is 4.31. The van der Waals surface area contributed by atoms with E-state index < -0.39 is 12.2 Å². The number of rotatable bonds is 4. The Bertz CT molecular complexity index is 702. The molecule has 4 heterocycles. The zero-order valence-corrected chi connectivity index (χ0v) is 13.4. The first kappa shape index (κ1) is 15.7. The summed E-state index contributed by atoms with van der Waals surface area (Å²) in [7, 11) is 0. The van der Waals surface area contributed by atoms with Crippen molar-refractivity contribution in [1.29, 1.82) is 0 Å². The number of aromatic nitrogens is 4. The number of nitrogens with zero attached hydrogens (tertiary/aromatic N) is 5. The second-order valence-electron chi connectivity index (χ2n) is 6.32. The van der Waals surface area contributed by atoms with Crippen molar-refractivity contribution in [2.24, 2.45) is 0 Å². The van der Waals surface area contributed by atoms with Gasteiger partial charge in [0.05, 0.1) is 19.0 Å². The van der Waals surface area contributed by atoms with E-state index in [-0.39, 0.29) is 12.8 Å². The third-order valence-electron chi connectivity index (χ3n) is 4.67. The Balaban J connectivity index is 1.59. The van der Waals surface area contributed by atoms with Gasteiger partial charge in [0.25, 0.3) is 0 Å². The molecule has 9 nitrogen and oxygen atoms in total. The highest BCUT2D eigenvalue weighted by molar-refractivity contribution is 5.82. The first-order valence-electron chi connectivity index (χ1n) is 8.40. The molecule has 3 N–H and O–H groups in total. The molecule has 130 valence electrons. The maximum Gasteiger partial charge on any atom is 0.172 e. The summed E-state index contributed by atoms with van der Waals surface area (Å²) >= 11 is 0. The smallest absolute Gasteiger partial charge is 0.172 e. The first-order chi connectivity index (χ1) is 11.8. The molecule has 2 aromatic rings. The minimum Gasteiger partial charge on any atom is -0.394 e. The molecule has 2 fully saturated rings. The fraction of sp³-hybridized carbons (Fsp3) is 0.667. The van der Waals surface area contributed by atoms with Crippen LogP contribution in [0.1, 0.15) is 31.9 Å². The van der Waals surface area contributed by atoms with E-state index in [1.54, 1.807) is 10.9 Å². The molecular weight excluding hydrogens is 312 g/mol. The molecule has 2 saturated heterocycles. The van der Waals surface area contributed by atoms with Crippen LogP contribution in [0.15, 0.2) is 12.7 Å². The van der Waals surface area contributed by atoms with E-state index in [0.717, 1.165) is 13.1 Å². The van der Waals surface area contributed by atoms with Crippen LogP contribution in [0.25, 0.3) is 11.2 Å². The lowest BCUT2D eigenvalue weighted by atomic mass is 10.2. The van der Waals surface area contributed by atoms with Crippen molar-refractivity contribution < 1.29 is 14.9 Å². The fourth-order valence-corrected chi connectivity index (χ4v) is 3.35. The van der Waals surface area contributed by atoms with Crippen LogP contribution in [0.4, 0.5) is 5.82 Å². The molecule has 0 spiro atoms. The molecule has 0 aliphatic carbocycles. The number of aliphatic hydroxyl groups excluding tert-OH is 2. The van der Waals surface area contributed by atoms with Gasteiger partial charge in [0.2, 0.25) is 0 Å². The Morgan fingerprint density at radius 3 is 2.79 bits per heavy atom. The normalized spacial score (nSPS) is 28.5. The summed E-state index contributed by atoms with van der Waals surface area (Å²) in [5.74, 6) is 0.679. The third-order valence-corrected chi connectivity index (χ3v) is 4.67. The molecule has 4 rings (SSSR count). The summed E-state index contributed by atoms with van der Waals surface area (Å²) in [5.41, 5.74) is 4.66. The minimum atomic E-state index is -0.690. The molecule has 2 aliphatic rings. The van der Waals surface area contributed by atoms with Crippen LogP contribution >= 0.6 is 0 Å². The van der Waals surface area contributed by atoms with Crippen molar-refractivity contribution in [1.82, 2.24) is 24.5 Å². The highest BCUT2D eigenvalue weighted by Crippen LogP contribution is 2.31. The Labute approximate surface area is 139 Å². The Morgan fingerprint density at radius 1 is 1.21 bits per heavy atom. The van der Waals surface area contributed by atoms with Crippen LogP contribution in [-0.4, -0.2) is 66.6 Å². The van der Waals surface area contributed by atoms with Gasteiger partial charge in [-0.25, -0.2) is 20.0 Å². The average molecular weight is 334 g/mol. The summed E-state index contributed by atoms with van der Waals surface area (Å²) < 4.78 is 7.49. The number of hydrogen-bond acceptors (Lipinski definition) is 8. The summed E-state index contributed by atoms with van der Waals surface area (Å²) in [6.45, 7) is 1.77. The number of hydrogen-bond donors (Lipinski definition) is 3. The van der Waals surface area contributed by atoms with E-state index in [1.807, 2.05) is 0 Å². The van der Waals surface area contributed by atoms with Crippen LogP contribution in [0.5, 0.6) is 0 Å². The van der Waals surface area contributed by atoms with Gasteiger partial charge in [-0.2, -0.15) is 0 Å². The molecule has 9 heteroatoms. The molecule has 0 unspecified atom stereocenters. The monoisotopic (exact) mass is 334 g/mol. The van der Waals surface area contributed by atoms with Crippen molar-refractivity contribution in [2.75, 3.05) is 25.1 Å². The van der Waals surface area contributed by atoms with E-state index in [1.165, 1.54) is 25.6 Å². The summed E-state index contributed by atoms with van der Waals surface area (Å²) in [4.78, 5) is 13.1. The van der Waals surface area contributed by atoms with Gasteiger partial charge in [-0.15, -0.1) is 0 Å².